The molecule has 1 rings (SSSR count). The van der Waals surface area contributed by atoms with Crippen molar-refractivity contribution in [3.63, 3.8) is 0 Å². The summed E-state index contributed by atoms with van der Waals surface area (Å²) < 4.78 is 3.37. The van der Waals surface area contributed by atoms with Gasteiger partial charge in [0.05, 0.1) is 15.9 Å². The van der Waals surface area contributed by atoms with Crippen molar-refractivity contribution in [2.24, 2.45) is 5.92 Å². The van der Waals surface area contributed by atoms with Crippen LogP contribution in [0.4, 0.5) is 0 Å². The van der Waals surface area contributed by atoms with Gasteiger partial charge in [0, 0.05) is 6.54 Å². The monoisotopic (exact) mass is 315 g/mol. The van der Waals surface area contributed by atoms with Crippen LogP contribution in [0.1, 0.15) is 45.5 Å². The lowest BCUT2D eigenvalue weighted by atomic mass is 10.0. The van der Waals surface area contributed by atoms with Crippen LogP contribution in [0.2, 0.25) is 0 Å². The topological polar surface area (TPSA) is 29.9 Å². The quantitative estimate of drug-likeness (QED) is 0.796. The fourth-order valence-electron chi connectivity index (χ4n) is 2.13. The van der Waals surface area contributed by atoms with Gasteiger partial charge in [-0.25, -0.2) is 0 Å². The Hall–Kier alpha value is -0.350. The summed E-state index contributed by atoms with van der Waals surface area (Å²) >= 11 is 3.71. The second-order valence-corrected chi connectivity index (χ2v) is 5.62. The second kappa shape index (κ2) is 7.95. The highest BCUT2D eigenvalue weighted by Gasteiger charge is 2.14. The maximum Gasteiger partial charge on any atom is 0.0766 e. The fraction of sp³-hybridized carbons (Fsp3) is 0.786. The molecule has 0 amide bonds. The van der Waals surface area contributed by atoms with Crippen LogP contribution in [0, 0.1) is 5.92 Å². The van der Waals surface area contributed by atoms with Crippen LogP contribution >= 0.6 is 15.9 Å². The van der Waals surface area contributed by atoms with Crippen molar-refractivity contribution in [1.29, 1.82) is 0 Å². The maximum absolute atomic E-state index is 4.64. The highest BCUT2D eigenvalue weighted by atomic mass is 79.9. The van der Waals surface area contributed by atoms with Gasteiger partial charge in [-0.2, -0.15) is 5.10 Å². The molecule has 0 aromatic carbocycles. The van der Waals surface area contributed by atoms with Crippen molar-refractivity contribution in [2.75, 3.05) is 13.1 Å². The predicted molar refractivity (Wildman–Crippen MR) is 81.0 cm³/mol. The first-order valence-electron chi connectivity index (χ1n) is 7.08. The van der Waals surface area contributed by atoms with Crippen LogP contribution in [0.3, 0.4) is 0 Å². The van der Waals surface area contributed by atoms with Gasteiger partial charge in [0.2, 0.25) is 0 Å². The molecule has 0 saturated carbocycles. The minimum atomic E-state index is 0.710. The number of rotatable bonds is 8. The van der Waals surface area contributed by atoms with Crippen LogP contribution < -0.4 is 5.32 Å². The summed E-state index contributed by atoms with van der Waals surface area (Å²) in [6, 6.07) is 0. The Labute approximate surface area is 119 Å². The van der Waals surface area contributed by atoms with Gasteiger partial charge in [0.1, 0.15) is 0 Å². The lowest BCUT2D eigenvalue weighted by molar-refractivity contribution is 0.477. The molecule has 1 aromatic heterocycles. The van der Waals surface area contributed by atoms with Gasteiger partial charge in [-0.15, -0.1) is 0 Å². The molecule has 0 fully saturated rings. The van der Waals surface area contributed by atoms with E-state index in [2.05, 4.69) is 58.7 Å². The van der Waals surface area contributed by atoms with Crippen molar-refractivity contribution >= 4 is 15.9 Å². The molecule has 104 valence electrons. The summed E-state index contributed by atoms with van der Waals surface area (Å²) in [6.45, 7) is 11.9. The predicted octanol–water partition coefficient (Wildman–Crippen LogP) is 3.41. The third-order valence-electron chi connectivity index (χ3n) is 3.31. The van der Waals surface area contributed by atoms with E-state index in [1.807, 2.05) is 0 Å². The van der Waals surface area contributed by atoms with Gasteiger partial charge in [-0.1, -0.05) is 20.8 Å². The minimum Gasteiger partial charge on any atom is -0.317 e. The highest BCUT2D eigenvalue weighted by molar-refractivity contribution is 9.10. The van der Waals surface area contributed by atoms with E-state index >= 15 is 0 Å². The lowest BCUT2D eigenvalue weighted by Crippen LogP contribution is -2.21. The fourth-order valence-corrected chi connectivity index (χ4v) is 2.89. The average Bonchev–Trinajstić information content (AvgIpc) is 2.69. The van der Waals surface area contributed by atoms with E-state index in [-0.39, 0.29) is 0 Å². The molecule has 18 heavy (non-hydrogen) atoms. The molecule has 1 atom stereocenters. The minimum absolute atomic E-state index is 0.710. The molecule has 0 aliphatic carbocycles. The van der Waals surface area contributed by atoms with Crippen molar-refractivity contribution in [3.8, 4) is 0 Å². The summed E-state index contributed by atoms with van der Waals surface area (Å²) in [6.07, 6.45) is 3.31. The van der Waals surface area contributed by atoms with Gasteiger partial charge < -0.3 is 5.32 Å². The maximum atomic E-state index is 4.64. The summed E-state index contributed by atoms with van der Waals surface area (Å²) in [4.78, 5) is 0. The Morgan fingerprint density at radius 2 is 2.06 bits per heavy atom. The van der Waals surface area contributed by atoms with Crippen LogP contribution in [-0.2, 0) is 19.4 Å². The van der Waals surface area contributed by atoms with Gasteiger partial charge >= 0.3 is 0 Å². The smallest absolute Gasteiger partial charge is 0.0766 e. The molecule has 0 spiro atoms. The van der Waals surface area contributed by atoms with E-state index in [4.69, 9.17) is 0 Å². The Morgan fingerprint density at radius 1 is 1.33 bits per heavy atom. The molecule has 0 saturated heterocycles. The summed E-state index contributed by atoms with van der Waals surface area (Å²) in [5.41, 5.74) is 2.55. The molecule has 0 aliphatic rings. The molecule has 1 N–H and O–H groups in total. The van der Waals surface area contributed by atoms with Gasteiger partial charge in [0.25, 0.3) is 0 Å². The zero-order valence-corrected chi connectivity index (χ0v) is 13.7. The number of aromatic nitrogens is 2. The Bertz CT molecular complexity index is 360. The first kappa shape index (κ1) is 15.7. The molecular formula is C14H26BrN3. The largest absolute Gasteiger partial charge is 0.317 e. The molecule has 1 aromatic rings. The molecule has 3 nitrogen and oxygen atoms in total. The first-order chi connectivity index (χ1) is 8.63. The normalized spacial score (nSPS) is 12.9. The Morgan fingerprint density at radius 3 is 2.61 bits per heavy atom. The Balaban J connectivity index is 2.63. The molecule has 4 heteroatoms. The van der Waals surface area contributed by atoms with E-state index in [0.29, 0.717) is 5.92 Å². The molecule has 0 aliphatic heterocycles. The van der Waals surface area contributed by atoms with Gasteiger partial charge in [-0.05, 0) is 61.1 Å². The summed E-state index contributed by atoms with van der Waals surface area (Å²) in [5.74, 6) is 0.710. The molecule has 0 bridgehead atoms. The van der Waals surface area contributed by atoms with Crippen LogP contribution in [0.5, 0.6) is 0 Å². The van der Waals surface area contributed by atoms with E-state index in [9.17, 15) is 0 Å². The molecule has 1 unspecified atom stereocenters. The van der Waals surface area contributed by atoms with E-state index in [1.165, 1.54) is 22.3 Å². The second-order valence-electron chi connectivity index (χ2n) is 4.83. The van der Waals surface area contributed by atoms with Gasteiger partial charge in [-0.3, -0.25) is 4.68 Å². The number of hydrogen-bond donors (Lipinski definition) is 1. The summed E-state index contributed by atoms with van der Waals surface area (Å²) in [5, 5.41) is 8.05. The number of aryl methyl sites for hydroxylation is 2. The van der Waals surface area contributed by atoms with Crippen molar-refractivity contribution in [2.45, 2.75) is 53.5 Å². The van der Waals surface area contributed by atoms with Gasteiger partial charge in [0.15, 0.2) is 0 Å². The van der Waals surface area contributed by atoms with E-state index in [1.54, 1.807) is 0 Å². The van der Waals surface area contributed by atoms with Crippen LogP contribution in [-0.4, -0.2) is 22.9 Å². The Kier molecular flexibility index (Phi) is 6.94. The average molecular weight is 316 g/mol. The summed E-state index contributed by atoms with van der Waals surface area (Å²) in [7, 11) is 0. The zero-order valence-electron chi connectivity index (χ0n) is 12.1. The third kappa shape index (κ3) is 4.09. The standard InChI is InChI=1S/C14H26BrN3/c1-5-12-14(15)13(18(7-3)17-12)9-8-11(4)10-16-6-2/h11,16H,5-10H2,1-4H3. The first-order valence-corrected chi connectivity index (χ1v) is 7.87. The molecule has 0 radical (unpaired) electrons. The van der Waals surface area contributed by atoms with Crippen molar-refractivity contribution in [3.05, 3.63) is 15.9 Å². The number of nitrogens with zero attached hydrogens (tertiary/aromatic N) is 2. The number of nitrogens with one attached hydrogen (secondary N) is 1. The molecular weight excluding hydrogens is 290 g/mol. The van der Waals surface area contributed by atoms with Crippen LogP contribution in [0.25, 0.3) is 0 Å². The van der Waals surface area contributed by atoms with Crippen molar-refractivity contribution in [1.82, 2.24) is 15.1 Å². The number of halogens is 1. The van der Waals surface area contributed by atoms with Crippen LogP contribution in [0.15, 0.2) is 4.47 Å². The lowest BCUT2D eigenvalue weighted by Gasteiger charge is -2.12. The van der Waals surface area contributed by atoms with E-state index in [0.717, 1.165) is 32.5 Å². The highest BCUT2D eigenvalue weighted by Crippen LogP contribution is 2.24. The SMILES string of the molecule is CCNCC(C)CCc1c(Br)c(CC)nn1CC. The van der Waals surface area contributed by atoms with E-state index < -0.39 is 0 Å². The third-order valence-corrected chi connectivity index (χ3v) is 4.23. The number of hydrogen-bond acceptors (Lipinski definition) is 2. The zero-order chi connectivity index (χ0) is 13.5. The molecule has 1 heterocycles. The van der Waals surface area contributed by atoms with Crippen molar-refractivity contribution < 1.29 is 0 Å².